The van der Waals surface area contributed by atoms with E-state index in [2.05, 4.69) is 5.32 Å². The molecule has 1 amide bonds. The number of carbonyl (C=O) groups excluding carboxylic acids is 1. The van der Waals surface area contributed by atoms with Crippen LogP contribution in [-0.2, 0) is 4.79 Å². The second kappa shape index (κ2) is 4.02. The van der Waals surface area contributed by atoms with Gasteiger partial charge in [0.05, 0.1) is 6.10 Å². The molecule has 3 heteroatoms. The Bertz CT molecular complexity index is 274. The van der Waals surface area contributed by atoms with Crippen LogP contribution in [0.15, 0.2) is 0 Å². The molecule has 2 N–H and O–H groups in total. The zero-order valence-corrected chi connectivity index (χ0v) is 9.69. The van der Waals surface area contributed by atoms with Gasteiger partial charge in [-0.25, -0.2) is 0 Å². The number of rotatable bonds is 2. The van der Waals surface area contributed by atoms with E-state index in [4.69, 9.17) is 0 Å². The summed E-state index contributed by atoms with van der Waals surface area (Å²) in [4.78, 5) is 12.0. The van der Waals surface area contributed by atoms with Gasteiger partial charge in [0.1, 0.15) is 0 Å². The highest BCUT2D eigenvalue weighted by molar-refractivity contribution is 5.79. The summed E-state index contributed by atoms with van der Waals surface area (Å²) in [6, 6.07) is 0.327. The maximum Gasteiger partial charge on any atom is 0.223 e. The summed E-state index contributed by atoms with van der Waals surface area (Å²) < 4.78 is 0. The zero-order valence-electron chi connectivity index (χ0n) is 9.69. The number of hydrogen-bond acceptors (Lipinski definition) is 2. The van der Waals surface area contributed by atoms with Gasteiger partial charge in [0.15, 0.2) is 0 Å². The van der Waals surface area contributed by atoms with Gasteiger partial charge >= 0.3 is 0 Å². The molecule has 3 nitrogen and oxygen atoms in total. The summed E-state index contributed by atoms with van der Waals surface area (Å²) in [7, 11) is 0. The Hall–Kier alpha value is -0.570. The first kappa shape index (κ1) is 10.6. The average Bonchev–Trinajstić information content (AvgIpc) is 2.89. The topological polar surface area (TPSA) is 49.3 Å². The second-order valence-corrected chi connectivity index (χ2v) is 5.94. The van der Waals surface area contributed by atoms with Crippen LogP contribution in [0.1, 0.15) is 44.9 Å². The molecule has 3 fully saturated rings. The van der Waals surface area contributed by atoms with Crippen LogP contribution < -0.4 is 5.32 Å². The van der Waals surface area contributed by atoms with Crippen molar-refractivity contribution < 1.29 is 9.90 Å². The standard InChI is InChI=1S/C13H21NO2/c15-12-3-1-11(2-4-12)14-13(16)10-6-8-5-9(8)7-10/h8-12,15H,1-7H2,(H,14,16). The number of carbonyl (C=O) groups is 1. The lowest BCUT2D eigenvalue weighted by molar-refractivity contribution is -0.126. The van der Waals surface area contributed by atoms with Crippen molar-refractivity contribution in [1.82, 2.24) is 5.32 Å². The zero-order chi connectivity index (χ0) is 11.1. The average molecular weight is 223 g/mol. The van der Waals surface area contributed by atoms with Gasteiger partial charge in [-0.3, -0.25) is 4.79 Å². The first-order chi connectivity index (χ1) is 7.72. The molecule has 0 aliphatic heterocycles. The molecule has 3 aliphatic rings. The summed E-state index contributed by atoms with van der Waals surface area (Å²) in [5, 5.41) is 12.6. The van der Waals surface area contributed by atoms with E-state index in [1.165, 1.54) is 6.42 Å². The van der Waals surface area contributed by atoms with Gasteiger partial charge < -0.3 is 10.4 Å². The number of aliphatic hydroxyl groups is 1. The summed E-state index contributed by atoms with van der Waals surface area (Å²) >= 11 is 0. The van der Waals surface area contributed by atoms with Crippen LogP contribution in [0.5, 0.6) is 0 Å². The second-order valence-electron chi connectivity index (χ2n) is 5.94. The van der Waals surface area contributed by atoms with E-state index in [9.17, 15) is 9.90 Å². The molecule has 0 heterocycles. The van der Waals surface area contributed by atoms with Gasteiger partial charge in [0.2, 0.25) is 5.91 Å². The van der Waals surface area contributed by atoms with E-state index in [1.54, 1.807) is 0 Å². The van der Waals surface area contributed by atoms with Crippen LogP contribution in [0.2, 0.25) is 0 Å². The van der Waals surface area contributed by atoms with Crippen LogP contribution >= 0.6 is 0 Å². The Balaban J connectivity index is 1.45. The molecule has 2 unspecified atom stereocenters. The van der Waals surface area contributed by atoms with Crippen molar-refractivity contribution >= 4 is 5.91 Å². The lowest BCUT2D eigenvalue weighted by atomic mass is 9.92. The van der Waals surface area contributed by atoms with Crippen molar-refractivity contribution in [1.29, 1.82) is 0 Å². The van der Waals surface area contributed by atoms with E-state index >= 15 is 0 Å². The van der Waals surface area contributed by atoms with Crippen molar-refractivity contribution in [3.05, 3.63) is 0 Å². The fourth-order valence-electron chi connectivity index (χ4n) is 3.47. The van der Waals surface area contributed by atoms with Gasteiger partial charge in [0, 0.05) is 12.0 Å². The molecular weight excluding hydrogens is 202 g/mol. The van der Waals surface area contributed by atoms with E-state index in [-0.39, 0.29) is 12.0 Å². The number of fused-ring (bicyclic) bond motifs is 1. The van der Waals surface area contributed by atoms with Crippen molar-refractivity contribution in [2.45, 2.75) is 57.1 Å². The predicted octanol–water partition coefficient (Wildman–Crippen LogP) is 1.45. The Morgan fingerprint density at radius 2 is 1.62 bits per heavy atom. The third kappa shape index (κ3) is 2.10. The van der Waals surface area contributed by atoms with Crippen LogP contribution in [0.4, 0.5) is 0 Å². The number of amides is 1. The first-order valence-electron chi connectivity index (χ1n) is 6.71. The normalized spacial score (nSPS) is 46.2. The molecule has 3 saturated carbocycles. The first-order valence-corrected chi connectivity index (χ1v) is 6.71. The van der Waals surface area contributed by atoms with E-state index in [0.29, 0.717) is 12.0 Å². The molecule has 0 radical (unpaired) electrons. The van der Waals surface area contributed by atoms with E-state index in [0.717, 1.165) is 50.4 Å². The molecule has 0 saturated heterocycles. The molecule has 0 spiro atoms. The third-order valence-electron chi connectivity index (χ3n) is 4.66. The van der Waals surface area contributed by atoms with Crippen LogP contribution in [0, 0.1) is 17.8 Å². The Morgan fingerprint density at radius 3 is 2.25 bits per heavy atom. The summed E-state index contributed by atoms with van der Waals surface area (Å²) in [6.07, 6.45) is 7.10. The van der Waals surface area contributed by atoms with Crippen molar-refractivity contribution in [2.24, 2.45) is 17.8 Å². The fraction of sp³-hybridized carbons (Fsp3) is 0.923. The predicted molar refractivity (Wildman–Crippen MR) is 60.7 cm³/mol. The summed E-state index contributed by atoms with van der Waals surface area (Å²) in [5.74, 6) is 2.34. The van der Waals surface area contributed by atoms with E-state index in [1.807, 2.05) is 0 Å². The maximum absolute atomic E-state index is 12.0. The lowest BCUT2D eigenvalue weighted by Crippen LogP contribution is -2.41. The molecule has 2 atom stereocenters. The van der Waals surface area contributed by atoms with Crippen molar-refractivity contribution in [3.63, 3.8) is 0 Å². The molecule has 3 rings (SSSR count). The Kier molecular flexibility index (Phi) is 2.66. The van der Waals surface area contributed by atoms with Gasteiger partial charge in [-0.05, 0) is 56.8 Å². The molecule has 90 valence electrons. The minimum Gasteiger partial charge on any atom is -0.393 e. The molecule has 16 heavy (non-hydrogen) atoms. The molecular formula is C13H21NO2. The number of aliphatic hydroxyl groups excluding tert-OH is 1. The van der Waals surface area contributed by atoms with Crippen LogP contribution in [0.3, 0.4) is 0 Å². The van der Waals surface area contributed by atoms with Gasteiger partial charge in [-0.2, -0.15) is 0 Å². The van der Waals surface area contributed by atoms with E-state index < -0.39 is 0 Å². The van der Waals surface area contributed by atoms with Gasteiger partial charge in [-0.1, -0.05) is 0 Å². The highest BCUT2D eigenvalue weighted by Crippen LogP contribution is 2.54. The Morgan fingerprint density at radius 1 is 1.00 bits per heavy atom. The minimum absolute atomic E-state index is 0.132. The smallest absolute Gasteiger partial charge is 0.223 e. The molecule has 0 aromatic rings. The number of hydrogen-bond donors (Lipinski definition) is 2. The van der Waals surface area contributed by atoms with Crippen LogP contribution in [-0.4, -0.2) is 23.2 Å². The molecule has 0 aromatic heterocycles. The largest absolute Gasteiger partial charge is 0.393 e. The summed E-state index contributed by atoms with van der Waals surface area (Å²) in [6.45, 7) is 0. The molecule has 3 aliphatic carbocycles. The lowest BCUT2D eigenvalue weighted by Gasteiger charge is -2.27. The SMILES string of the molecule is O=C(NC1CCC(O)CC1)C1CC2CC2C1. The highest BCUT2D eigenvalue weighted by Gasteiger charge is 2.48. The summed E-state index contributed by atoms with van der Waals surface area (Å²) in [5.41, 5.74) is 0. The van der Waals surface area contributed by atoms with Crippen molar-refractivity contribution in [2.75, 3.05) is 0 Å². The number of nitrogens with one attached hydrogen (secondary N) is 1. The van der Waals surface area contributed by atoms with Gasteiger partial charge in [0.25, 0.3) is 0 Å². The van der Waals surface area contributed by atoms with Gasteiger partial charge in [-0.15, -0.1) is 0 Å². The highest BCUT2D eigenvalue weighted by atomic mass is 16.3. The van der Waals surface area contributed by atoms with Crippen molar-refractivity contribution in [3.8, 4) is 0 Å². The van der Waals surface area contributed by atoms with Crippen LogP contribution in [0.25, 0.3) is 0 Å². The maximum atomic E-state index is 12.0. The molecule has 0 aromatic carbocycles. The molecule has 0 bridgehead atoms. The monoisotopic (exact) mass is 223 g/mol. The Labute approximate surface area is 96.6 Å². The fourth-order valence-corrected chi connectivity index (χ4v) is 3.47. The minimum atomic E-state index is -0.132. The third-order valence-corrected chi connectivity index (χ3v) is 4.66. The quantitative estimate of drug-likeness (QED) is 0.744.